The molecule has 0 bridgehead atoms. The Kier molecular flexibility index (Phi) is 4.92. The minimum atomic E-state index is -0.956. The first-order valence-corrected chi connectivity index (χ1v) is 4.20. The van der Waals surface area contributed by atoms with Gasteiger partial charge < -0.3 is 20.1 Å². The SMILES string of the molecule is CC(C)[C@@H]1O[C@H](CO)[C@H](O)C1O.[B]. The maximum atomic E-state index is 9.44. The molecule has 0 spiro atoms. The van der Waals surface area contributed by atoms with Gasteiger partial charge in [-0.25, -0.2) is 0 Å². The van der Waals surface area contributed by atoms with E-state index in [1.54, 1.807) is 0 Å². The standard InChI is InChI=1S/C8H16O4.B/c1-4(2)8-7(11)6(10)5(3-9)12-8;/h4-11H,3H2,1-2H3;/t5-,6+,7?,8+;/m1./s1. The van der Waals surface area contributed by atoms with Crippen LogP contribution in [-0.2, 0) is 4.74 Å². The number of rotatable bonds is 2. The van der Waals surface area contributed by atoms with Crippen molar-refractivity contribution in [2.24, 2.45) is 5.92 Å². The van der Waals surface area contributed by atoms with E-state index >= 15 is 0 Å². The molecular formula is C8H16BO4. The van der Waals surface area contributed by atoms with Gasteiger partial charge in [0.05, 0.1) is 12.7 Å². The summed E-state index contributed by atoms with van der Waals surface area (Å²) in [5.74, 6) is 0.145. The molecule has 4 atom stereocenters. The van der Waals surface area contributed by atoms with Gasteiger partial charge in [0.2, 0.25) is 0 Å². The predicted octanol–water partition coefficient (Wildman–Crippen LogP) is -1.26. The second-order valence-electron chi connectivity index (χ2n) is 3.55. The molecular weight excluding hydrogens is 171 g/mol. The van der Waals surface area contributed by atoms with Crippen LogP contribution in [0.4, 0.5) is 0 Å². The lowest BCUT2D eigenvalue weighted by Crippen LogP contribution is -2.35. The Morgan fingerprint density at radius 2 is 1.77 bits per heavy atom. The maximum absolute atomic E-state index is 9.44. The Hall–Kier alpha value is -0.0951. The van der Waals surface area contributed by atoms with Gasteiger partial charge in [0.25, 0.3) is 0 Å². The van der Waals surface area contributed by atoms with Gasteiger partial charge in [0.1, 0.15) is 18.3 Å². The molecule has 75 valence electrons. The second kappa shape index (κ2) is 4.95. The van der Waals surface area contributed by atoms with Gasteiger partial charge in [-0.05, 0) is 5.92 Å². The van der Waals surface area contributed by atoms with Crippen LogP contribution >= 0.6 is 0 Å². The van der Waals surface area contributed by atoms with Crippen molar-refractivity contribution < 1.29 is 20.1 Å². The van der Waals surface area contributed by atoms with Crippen LogP contribution in [0.1, 0.15) is 13.8 Å². The number of aliphatic hydroxyl groups is 3. The smallest absolute Gasteiger partial charge is 0.111 e. The van der Waals surface area contributed by atoms with E-state index < -0.39 is 18.3 Å². The van der Waals surface area contributed by atoms with Crippen molar-refractivity contribution in [2.45, 2.75) is 38.3 Å². The summed E-state index contributed by atoms with van der Waals surface area (Å²) in [5, 5.41) is 27.5. The zero-order chi connectivity index (χ0) is 9.30. The summed E-state index contributed by atoms with van der Waals surface area (Å²) in [7, 11) is 0. The van der Waals surface area contributed by atoms with Crippen molar-refractivity contribution in [1.29, 1.82) is 0 Å². The predicted molar refractivity (Wildman–Crippen MR) is 48.4 cm³/mol. The normalized spacial score (nSPS) is 39.2. The summed E-state index contributed by atoms with van der Waals surface area (Å²) in [4.78, 5) is 0. The topological polar surface area (TPSA) is 69.9 Å². The van der Waals surface area contributed by atoms with E-state index in [0.717, 1.165) is 0 Å². The Morgan fingerprint density at radius 3 is 2.00 bits per heavy atom. The fraction of sp³-hybridized carbons (Fsp3) is 1.00. The summed E-state index contributed by atoms with van der Waals surface area (Å²) >= 11 is 0. The molecule has 1 aliphatic rings. The highest BCUT2D eigenvalue weighted by atomic mass is 16.6. The van der Waals surface area contributed by atoms with E-state index in [9.17, 15) is 10.2 Å². The maximum Gasteiger partial charge on any atom is 0.111 e. The zero-order valence-corrected chi connectivity index (χ0v) is 7.92. The van der Waals surface area contributed by atoms with Gasteiger partial charge >= 0.3 is 0 Å². The monoisotopic (exact) mass is 187 g/mol. The van der Waals surface area contributed by atoms with Crippen LogP contribution in [0.3, 0.4) is 0 Å². The molecule has 13 heavy (non-hydrogen) atoms. The summed E-state index contributed by atoms with van der Waals surface area (Å²) in [6, 6.07) is 0. The van der Waals surface area contributed by atoms with Crippen LogP contribution < -0.4 is 0 Å². The molecule has 3 N–H and O–H groups in total. The molecule has 1 heterocycles. The molecule has 0 aromatic carbocycles. The molecule has 5 heteroatoms. The van der Waals surface area contributed by atoms with Crippen LogP contribution in [0.2, 0.25) is 0 Å². The van der Waals surface area contributed by atoms with Crippen LogP contribution in [0.25, 0.3) is 0 Å². The van der Waals surface area contributed by atoms with Gasteiger partial charge in [0, 0.05) is 8.41 Å². The minimum absolute atomic E-state index is 0. The Morgan fingerprint density at radius 1 is 1.23 bits per heavy atom. The molecule has 4 nitrogen and oxygen atoms in total. The van der Waals surface area contributed by atoms with Crippen molar-refractivity contribution in [3.63, 3.8) is 0 Å². The summed E-state index contributed by atoms with van der Waals surface area (Å²) in [6.07, 6.45) is -2.82. The van der Waals surface area contributed by atoms with Crippen LogP contribution in [-0.4, -0.2) is 54.8 Å². The van der Waals surface area contributed by atoms with E-state index in [-0.39, 0.29) is 27.0 Å². The molecule has 0 aliphatic carbocycles. The van der Waals surface area contributed by atoms with Gasteiger partial charge in [0.15, 0.2) is 0 Å². The average Bonchev–Trinajstić information content (AvgIpc) is 2.30. The van der Waals surface area contributed by atoms with Gasteiger partial charge in [-0.15, -0.1) is 0 Å². The summed E-state index contributed by atoms with van der Waals surface area (Å²) in [5.41, 5.74) is 0. The van der Waals surface area contributed by atoms with Gasteiger partial charge in [-0.3, -0.25) is 0 Å². The summed E-state index contributed by atoms with van der Waals surface area (Å²) in [6.45, 7) is 3.56. The number of hydrogen-bond acceptors (Lipinski definition) is 4. The van der Waals surface area contributed by atoms with Crippen molar-refractivity contribution in [1.82, 2.24) is 0 Å². The highest BCUT2D eigenvalue weighted by Gasteiger charge is 2.43. The number of aliphatic hydroxyl groups excluding tert-OH is 3. The number of ether oxygens (including phenoxy) is 1. The van der Waals surface area contributed by atoms with Crippen molar-refractivity contribution in [3.8, 4) is 0 Å². The first-order chi connectivity index (χ1) is 5.57. The Labute approximate surface area is 80.1 Å². The van der Waals surface area contributed by atoms with E-state index in [0.29, 0.717) is 0 Å². The second-order valence-corrected chi connectivity index (χ2v) is 3.55. The lowest BCUT2D eigenvalue weighted by Gasteiger charge is -2.17. The minimum Gasteiger partial charge on any atom is -0.394 e. The fourth-order valence-electron chi connectivity index (χ4n) is 1.48. The molecule has 0 aromatic heterocycles. The largest absolute Gasteiger partial charge is 0.394 e. The lowest BCUT2D eigenvalue weighted by atomic mass is 10.00. The molecule has 0 aromatic rings. The molecule has 1 rings (SSSR count). The van der Waals surface area contributed by atoms with Gasteiger partial charge in [-0.1, -0.05) is 13.8 Å². The highest BCUT2D eigenvalue weighted by Crippen LogP contribution is 2.25. The molecule has 1 unspecified atom stereocenters. The van der Waals surface area contributed by atoms with Crippen molar-refractivity contribution >= 4 is 8.41 Å². The molecule has 0 saturated carbocycles. The molecule has 1 fully saturated rings. The first kappa shape index (κ1) is 12.9. The van der Waals surface area contributed by atoms with Crippen LogP contribution in [0.15, 0.2) is 0 Å². The molecule has 0 amide bonds. The van der Waals surface area contributed by atoms with E-state index in [2.05, 4.69) is 0 Å². The third-order valence-electron chi connectivity index (χ3n) is 2.24. The van der Waals surface area contributed by atoms with E-state index in [4.69, 9.17) is 9.84 Å². The van der Waals surface area contributed by atoms with Gasteiger partial charge in [-0.2, -0.15) is 0 Å². The fourth-order valence-corrected chi connectivity index (χ4v) is 1.48. The lowest BCUT2D eigenvalue weighted by molar-refractivity contribution is -0.0369. The van der Waals surface area contributed by atoms with Crippen LogP contribution in [0, 0.1) is 5.92 Å². The Balaban J connectivity index is 0.00000144. The van der Waals surface area contributed by atoms with E-state index in [1.807, 2.05) is 13.8 Å². The third-order valence-corrected chi connectivity index (χ3v) is 2.24. The third kappa shape index (κ3) is 2.43. The quantitative estimate of drug-likeness (QED) is 0.472. The van der Waals surface area contributed by atoms with E-state index in [1.165, 1.54) is 0 Å². The highest BCUT2D eigenvalue weighted by molar-refractivity contribution is 5.75. The van der Waals surface area contributed by atoms with Crippen molar-refractivity contribution in [2.75, 3.05) is 6.61 Å². The molecule has 1 saturated heterocycles. The zero-order valence-electron chi connectivity index (χ0n) is 7.92. The average molecular weight is 187 g/mol. The summed E-state index contributed by atoms with van der Waals surface area (Å²) < 4.78 is 5.25. The van der Waals surface area contributed by atoms with Crippen LogP contribution in [0.5, 0.6) is 0 Å². The first-order valence-electron chi connectivity index (χ1n) is 4.20. The Bertz CT molecular complexity index is 153. The number of hydrogen-bond donors (Lipinski definition) is 3. The molecule has 3 radical (unpaired) electrons. The van der Waals surface area contributed by atoms with Crippen molar-refractivity contribution in [3.05, 3.63) is 0 Å². The molecule has 1 aliphatic heterocycles.